The molecule has 2 fully saturated rings. The van der Waals surface area contributed by atoms with Crippen molar-refractivity contribution in [1.82, 2.24) is 0 Å². The van der Waals surface area contributed by atoms with E-state index in [2.05, 4.69) is 0 Å². The number of carbonyl (C=O) groups is 1. The van der Waals surface area contributed by atoms with Crippen LogP contribution in [-0.2, 0) is 10.2 Å². The fourth-order valence-electron chi connectivity index (χ4n) is 4.31. The summed E-state index contributed by atoms with van der Waals surface area (Å²) in [6.07, 6.45) is 9.15. The summed E-state index contributed by atoms with van der Waals surface area (Å²) in [5, 5.41) is 10.4. The minimum Gasteiger partial charge on any atom is -0.481 e. The van der Waals surface area contributed by atoms with Crippen LogP contribution in [0.2, 0.25) is 5.02 Å². The molecule has 1 aromatic carbocycles. The highest BCUT2D eigenvalue weighted by atomic mass is 35.5. The lowest BCUT2D eigenvalue weighted by Gasteiger charge is -2.54. The average Bonchev–Trinajstić information content (AvgIpc) is 2.63. The van der Waals surface area contributed by atoms with Gasteiger partial charge in [0.25, 0.3) is 0 Å². The van der Waals surface area contributed by atoms with Crippen molar-refractivity contribution >= 4 is 17.6 Å². The molecule has 20 heavy (non-hydrogen) atoms. The fraction of sp³-hybridized carbons (Fsp3) is 0.588. The second-order valence-electron chi connectivity index (χ2n) is 6.66. The van der Waals surface area contributed by atoms with E-state index < -0.39 is 11.4 Å². The molecule has 108 valence electrons. The third-order valence-electron chi connectivity index (χ3n) is 5.32. The van der Waals surface area contributed by atoms with Gasteiger partial charge >= 0.3 is 5.97 Å². The third-order valence-corrected chi connectivity index (χ3v) is 5.58. The molecule has 0 saturated heterocycles. The number of carboxylic acid groups (broad SMARTS) is 1. The van der Waals surface area contributed by atoms with Gasteiger partial charge in [0, 0.05) is 5.02 Å². The largest absolute Gasteiger partial charge is 0.481 e. The Kier molecular flexibility index (Phi) is 3.53. The molecule has 0 amide bonds. The molecule has 0 atom stereocenters. The Hall–Kier alpha value is -1.02. The van der Waals surface area contributed by atoms with Crippen molar-refractivity contribution in [2.45, 2.75) is 56.8 Å². The van der Waals surface area contributed by atoms with Crippen LogP contribution in [0.1, 0.15) is 56.9 Å². The number of carboxylic acids is 1. The first kappa shape index (κ1) is 13.9. The summed E-state index contributed by atoms with van der Waals surface area (Å²) in [6.45, 7) is 0. The Morgan fingerprint density at radius 3 is 2.05 bits per heavy atom. The molecule has 0 aromatic heterocycles. The molecular formula is C17H21ClO2. The molecule has 1 spiro atoms. The van der Waals surface area contributed by atoms with Crippen molar-refractivity contribution in [3.63, 3.8) is 0 Å². The lowest BCUT2D eigenvalue weighted by molar-refractivity contribution is -0.155. The van der Waals surface area contributed by atoms with Crippen LogP contribution < -0.4 is 0 Å². The quantitative estimate of drug-likeness (QED) is 0.850. The zero-order valence-electron chi connectivity index (χ0n) is 11.7. The van der Waals surface area contributed by atoms with E-state index >= 15 is 0 Å². The molecule has 2 aliphatic carbocycles. The van der Waals surface area contributed by atoms with Crippen LogP contribution in [0.25, 0.3) is 0 Å². The van der Waals surface area contributed by atoms with Gasteiger partial charge in [0.15, 0.2) is 0 Å². The lowest BCUT2D eigenvalue weighted by Crippen LogP contribution is -2.54. The predicted octanol–water partition coefficient (Wildman–Crippen LogP) is 4.80. The minimum absolute atomic E-state index is 0.286. The molecule has 1 N–H and O–H groups in total. The molecule has 0 heterocycles. The van der Waals surface area contributed by atoms with Crippen LogP contribution in [0.15, 0.2) is 24.3 Å². The first-order chi connectivity index (χ1) is 9.56. The molecule has 2 aliphatic rings. The van der Waals surface area contributed by atoms with E-state index in [1.54, 1.807) is 12.1 Å². The van der Waals surface area contributed by atoms with E-state index in [0.717, 1.165) is 18.4 Å². The zero-order chi connectivity index (χ0) is 14.2. The first-order valence-electron chi connectivity index (χ1n) is 7.56. The van der Waals surface area contributed by atoms with Crippen molar-refractivity contribution < 1.29 is 9.90 Å². The Labute approximate surface area is 125 Å². The van der Waals surface area contributed by atoms with Gasteiger partial charge in [-0.2, -0.15) is 0 Å². The van der Waals surface area contributed by atoms with Crippen molar-refractivity contribution in [1.29, 1.82) is 0 Å². The number of benzene rings is 1. The summed E-state index contributed by atoms with van der Waals surface area (Å²) in [5.74, 6) is -0.672. The molecule has 0 radical (unpaired) electrons. The van der Waals surface area contributed by atoms with Gasteiger partial charge < -0.3 is 5.11 Å². The molecule has 2 saturated carbocycles. The highest BCUT2D eigenvalue weighted by molar-refractivity contribution is 6.30. The molecule has 2 nitrogen and oxygen atoms in total. The maximum absolute atomic E-state index is 11.9. The Balaban J connectivity index is 1.85. The monoisotopic (exact) mass is 292 g/mol. The average molecular weight is 293 g/mol. The number of halogens is 1. The van der Waals surface area contributed by atoms with Crippen LogP contribution in [-0.4, -0.2) is 11.1 Å². The molecule has 3 heteroatoms. The van der Waals surface area contributed by atoms with Crippen molar-refractivity contribution in [2.75, 3.05) is 0 Å². The van der Waals surface area contributed by atoms with Gasteiger partial charge in [-0.15, -0.1) is 0 Å². The Morgan fingerprint density at radius 2 is 1.55 bits per heavy atom. The van der Waals surface area contributed by atoms with Crippen LogP contribution in [0.4, 0.5) is 0 Å². The predicted molar refractivity (Wildman–Crippen MR) is 80.1 cm³/mol. The third kappa shape index (κ3) is 2.24. The highest BCUT2D eigenvalue weighted by Crippen LogP contribution is 2.61. The van der Waals surface area contributed by atoms with Gasteiger partial charge in [-0.25, -0.2) is 0 Å². The van der Waals surface area contributed by atoms with E-state index in [0.29, 0.717) is 5.02 Å². The normalized spacial score (nSPS) is 23.9. The summed E-state index contributed by atoms with van der Waals surface area (Å²) in [6, 6.07) is 7.39. The highest BCUT2D eigenvalue weighted by Gasteiger charge is 2.59. The second-order valence-corrected chi connectivity index (χ2v) is 7.10. The number of hydrogen-bond donors (Lipinski definition) is 1. The summed E-state index contributed by atoms with van der Waals surface area (Å²) in [5.41, 5.74) is 0.535. The topological polar surface area (TPSA) is 37.3 Å². The summed E-state index contributed by atoms with van der Waals surface area (Å²) >= 11 is 5.92. The zero-order valence-corrected chi connectivity index (χ0v) is 12.5. The molecule has 0 bridgehead atoms. The van der Waals surface area contributed by atoms with Gasteiger partial charge in [-0.1, -0.05) is 49.4 Å². The van der Waals surface area contributed by atoms with E-state index in [-0.39, 0.29) is 5.41 Å². The van der Waals surface area contributed by atoms with E-state index in [4.69, 9.17) is 11.6 Å². The van der Waals surface area contributed by atoms with Gasteiger partial charge in [0.1, 0.15) is 0 Å². The minimum atomic E-state index is -0.672. The van der Waals surface area contributed by atoms with Crippen molar-refractivity contribution in [3.05, 3.63) is 34.9 Å². The maximum atomic E-state index is 11.9. The van der Waals surface area contributed by atoms with Crippen LogP contribution in [0.3, 0.4) is 0 Å². The molecule has 0 aliphatic heterocycles. The molecular weight excluding hydrogens is 272 g/mol. The summed E-state index contributed by atoms with van der Waals surface area (Å²) < 4.78 is 0. The summed E-state index contributed by atoms with van der Waals surface area (Å²) in [7, 11) is 0. The number of aliphatic carboxylic acids is 1. The van der Waals surface area contributed by atoms with Crippen LogP contribution in [0.5, 0.6) is 0 Å². The Morgan fingerprint density at radius 1 is 1.00 bits per heavy atom. The molecule has 3 rings (SSSR count). The standard InChI is InChI=1S/C17H21ClO2/c18-14-7-5-13(6-8-14)17(15(19)20)11-16(12-17)9-3-1-2-4-10-16/h5-8H,1-4,9-12H2,(H,19,20). The maximum Gasteiger partial charge on any atom is 0.314 e. The van der Waals surface area contributed by atoms with Crippen LogP contribution in [0, 0.1) is 5.41 Å². The molecule has 0 unspecified atom stereocenters. The second kappa shape index (κ2) is 5.07. The van der Waals surface area contributed by atoms with Crippen molar-refractivity contribution in [3.8, 4) is 0 Å². The number of rotatable bonds is 2. The van der Waals surface area contributed by atoms with Gasteiger partial charge in [0.05, 0.1) is 5.41 Å². The SMILES string of the molecule is O=C(O)C1(c2ccc(Cl)cc2)CC2(CCCCCC2)C1. The summed E-state index contributed by atoms with van der Waals surface area (Å²) in [4.78, 5) is 11.9. The smallest absolute Gasteiger partial charge is 0.314 e. The van der Waals surface area contributed by atoms with E-state index in [1.807, 2.05) is 12.1 Å². The van der Waals surface area contributed by atoms with Gasteiger partial charge in [-0.3, -0.25) is 4.79 Å². The van der Waals surface area contributed by atoms with E-state index in [1.165, 1.54) is 38.5 Å². The van der Waals surface area contributed by atoms with Gasteiger partial charge in [-0.05, 0) is 48.8 Å². The molecule has 1 aromatic rings. The fourth-order valence-corrected chi connectivity index (χ4v) is 4.43. The van der Waals surface area contributed by atoms with E-state index in [9.17, 15) is 9.90 Å². The first-order valence-corrected chi connectivity index (χ1v) is 7.94. The van der Waals surface area contributed by atoms with Crippen LogP contribution >= 0.6 is 11.6 Å². The Bertz CT molecular complexity index is 490. The lowest BCUT2D eigenvalue weighted by atomic mass is 9.48. The van der Waals surface area contributed by atoms with Crippen molar-refractivity contribution in [2.24, 2.45) is 5.41 Å². The number of hydrogen-bond acceptors (Lipinski definition) is 1. The van der Waals surface area contributed by atoms with Gasteiger partial charge in [0.2, 0.25) is 0 Å².